The standard InChI is InChI=1S/C10H4ClNO2/c11-9-6-8(10(13)14)4-3-7(9)2-1-5-12/h3-4,6H,(H,13,14). The van der Waals surface area contributed by atoms with E-state index in [1.165, 1.54) is 18.2 Å². The molecule has 0 saturated carbocycles. The number of nitriles is 1. The van der Waals surface area contributed by atoms with Gasteiger partial charge in [0.2, 0.25) is 0 Å². The van der Waals surface area contributed by atoms with E-state index in [9.17, 15) is 4.79 Å². The lowest BCUT2D eigenvalue weighted by Crippen LogP contribution is -1.95. The highest BCUT2D eigenvalue weighted by Crippen LogP contribution is 2.16. The summed E-state index contributed by atoms with van der Waals surface area (Å²) in [6, 6.07) is 5.79. The third-order valence-electron chi connectivity index (χ3n) is 1.47. The average Bonchev–Trinajstić information content (AvgIpc) is 2.15. The van der Waals surface area contributed by atoms with E-state index in [-0.39, 0.29) is 10.6 Å². The Hall–Kier alpha value is -1.97. The fourth-order valence-electron chi connectivity index (χ4n) is 0.845. The van der Waals surface area contributed by atoms with E-state index >= 15 is 0 Å². The maximum atomic E-state index is 10.5. The van der Waals surface area contributed by atoms with Crippen molar-refractivity contribution < 1.29 is 9.90 Å². The Balaban J connectivity index is 3.15. The zero-order valence-electron chi connectivity index (χ0n) is 6.91. The number of carboxylic acid groups (broad SMARTS) is 1. The van der Waals surface area contributed by atoms with Crippen LogP contribution in [0.3, 0.4) is 0 Å². The SMILES string of the molecule is N#CC#Cc1ccc(C(=O)O)cc1Cl. The van der Waals surface area contributed by atoms with Crippen LogP contribution < -0.4 is 0 Å². The first-order chi connectivity index (χ1) is 6.65. The number of carboxylic acids is 1. The van der Waals surface area contributed by atoms with Gasteiger partial charge < -0.3 is 5.11 Å². The van der Waals surface area contributed by atoms with E-state index < -0.39 is 5.97 Å². The van der Waals surface area contributed by atoms with Gasteiger partial charge in [0, 0.05) is 11.5 Å². The molecular weight excluding hydrogens is 202 g/mol. The van der Waals surface area contributed by atoms with E-state index in [0.29, 0.717) is 5.56 Å². The summed E-state index contributed by atoms with van der Waals surface area (Å²) < 4.78 is 0. The van der Waals surface area contributed by atoms with Crippen molar-refractivity contribution in [1.82, 2.24) is 0 Å². The van der Waals surface area contributed by atoms with Gasteiger partial charge in [0.1, 0.15) is 0 Å². The molecule has 0 atom stereocenters. The summed E-state index contributed by atoms with van der Waals surface area (Å²) in [7, 11) is 0. The Morgan fingerprint density at radius 2 is 2.21 bits per heavy atom. The maximum Gasteiger partial charge on any atom is 0.335 e. The second-order valence-electron chi connectivity index (χ2n) is 2.36. The van der Waals surface area contributed by atoms with Crippen molar-refractivity contribution in [2.45, 2.75) is 0 Å². The lowest BCUT2D eigenvalue weighted by atomic mass is 10.1. The van der Waals surface area contributed by atoms with Crippen LogP contribution in [0.1, 0.15) is 15.9 Å². The van der Waals surface area contributed by atoms with Crippen LogP contribution in [-0.4, -0.2) is 11.1 Å². The minimum absolute atomic E-state index is 0.0949. The van der Waals surface area contributed by atoms with E-state index in [2.05, 4.69) is 11.8 Å². The first-order valence-corrected chi connectivity index (χ1v) is 3.96. The average molecular weight is 206 g/mol. The lowest BCUT2D eigenvalue weighted by Gasteiger charge is -1.97. The molecular formula is C10H4ClNO2. The summed E-state index contributed by atoms with van der Waals surface area (Å²) in [5, 5.41) is 17.1. The van der Waals surface area contributed by atoms with E-state index in [1.807, 2.05) is 0 Å². The molecule has 0 aliphatic heterocycles. The van der Waals surface area contributed by atoms with Crippen LogP contribution in [0.25, 0.3) is 0 Å². The molecule has 0 unspecified atom stereocenters. The van der Waals surface area contributed by atoms with Gasteiger partial charge in [0.25, 0.3) is 0 Å². The Bertz CT molecular complexity index is 477. The monoisotopic (exact) mass is 205 g/mol. The first-order valence-electron chi connectivity index (χ1n) is 3.58. The van der Waals surface area contributed by atoms with E-state index in [1.54, 1.807) is 6.07 Å². The number of hydrogen-bond acceptors (Lipinski definition) is 2. The molecule has 68 valence electrons. The fourth-order valence-corrected chi connectivity index (χ4v) is 1.07. The number of carbonyl (C=O) groups is 1. The Morgan fingerprint density at radius 1 is 1.50 bits per heavy atom. The third kappa shape index (κ3) is 2.26. The maximum absolute atomic E-state index is 10.5. The number of rotatable bonds is 1. The van der Waals surface area contributed by atoms with Crippen LogP contribution in [0.5, 0.6) is 0 Å². The minimum Gasteiger partial charge on any atom is -0.478 e. The van der Waals surface area contributed by atoms with Crippen LogP contribution in [0.15, 0.2) is 18.2 Å². The summed E-state index contributed by atoms with van der Waals surface area (Å²) in [6.45, 7) is 0. The zero-order valence-corrected chi connectivity index (χ0v) is 7.67. The molecule has 3 nitrogen and oxygen atoms in total. The van der Waals surface area contributed by atoms with Gasteiger partial charge in [-0.25, -0.2) is 4.79 Å². The second kappa shape index (κ2) is 4.32. The van der Waals surface area contributed by atoms with Gasteiger partial charge in [-0.2, -0.15) is 5.26 Å². The van der Waals surface area contributed by atoms with Crippen LogP contribution in [0, 0.1) is 23.2 Å². The van der Waals surface area contributed by atoms with Gasteiger partial charge in [0.15, 0.2) is 6.07 Å². The van der Waals surface area contributed by atoms with Crippen LogP contribution in [0.2, 0.25) is 5.02 Å². The predicted octanol–water partition coefficient (Wildman–Crippen LogP) is 1.91. The van der Waals surface area contributed by atoms with Crippen molar-refractivity contribution >= 4 is 17.6 Å². The summed E-state index contributed by atoms with van der Waals surface area (Å²) in [6.07, 6.45) is 0. The number of benzene rings is 1. The van der Waals surface area contributed by atoms with Gasteiger partial charge in [0.05, 0.1) is 10.6 Å². The molecule has 0 heterocycles. The molecule has 1 rings (SSSR count). The molecule has 0 saturated heterocycles. The molecule has 0 aromatic heterocycles. The zero-order chi connectivity index (χ0) is 10.6. The molecule has 1 aromatic rings. The Morgan fingerprint density at radius 3 is 2.71 bits per heavy atom. The van der Waals surface area contributed by atoms with Crippen LogP contribution in [-0.2, 0) is 0 Å². The molecule has 0 spiro atoms. The molecule has 0 amide bonds. The Kier molecular flexibility index (Phi) is 3.12. The molecule has 0 bridgehead atoms. The van der Waals surface area contributed by atoms with Gasteiger partial charge in [-0.1, -0.05) is 11.6 Å². The van der Waals surface area contributed by atoms with Gasteiger partial charge in [-0.05, 0) is 24.1 Å². The minimum atomic E-state index is -1.05. The Labute approximate surface area is 85.5 Å². The molecule has 0 aliphatic rings. The van der Waals surface area contributed by atoms with Gasteiger partial charge in [-0.3, -0.25) is 0 Å². The van der Waals surface area contributed by atoms with Crippen LogP contribution >= 0.6 is 11.6 Å². The number of nitrogens with zero attached hydrogens (tertiary/aromatic N) is 1. The number of halogens is 1. The van der Waals surface area contributed by atoms with Crippen LogP contribution in [0.4, 0.5) is 0 Å². The summed E-state index contributed by atoms with van der Waals surface area (Å²) in [5.41, 5.74) is 0.538. The van der Waals surface area contributed by atoms with E-state index in [4.69, 9.17) is 22.0 Å². The quantitative estimate of drug-likeness (QED) is 0.713. The highest BCUT2D eigenvalue weighted by atomic mass is 35.5. The smallest absolute Gasteiger partial charge is 0.335 e. The highest BCUT2D eigenvalue weighted by Gasteiger charge is 2.04. The van der Waals surface area contributed by atoms with Crippen molar-refractivity contribution in [1.29, 1.82) is 5.26 Å². The molecule has 1 N–H and O–H groups in total. The molecule has 1 aromatic carbocycles. The number of aromatic carboxylic acids is 1. The molecule has 14 heavy (non-hydrogen) atoms. The third-order valence-corrected chi connectivity index (χ3v) is 1.78. The number of hydrogen-bond donors (Lipinski definition) is 1. The largest absolute Gasteiger partial charge is 0.478 e. The van der Waals surface area contributed by atoms with Crippen molar-refractivity contribution in [3.8, 4) is 17.9 Å². The van der Waals surface area contributed by atoms with Gasteiger partial charge in [-0.15, -0.1) is 0 Å². The molecule has 0 aliphatic carbocycles. The molecule has 0 fully saturated rings. The summed E-state index contributed by atoms with van der Waals surface area (Å²) >= 11 is 5.73. The van der Waals surface area contributed by atoms with Crippen molar-refractivity contribution in [2.24, 2.45) is 0 Å². The van der Waals surface area contributed by atoms with E-state index in [0.717, 1.165) is 0 Å². The summed E-state index contributed by atoms with van der Waals surface area (Å²) in [4.78, 5) is 10.5. The lowest BCUT2D eigenvalue weighted by molar-refractivity contribution is 0.0697. The molecule has 4 heteroatoms. The fraction of sp³-hybridized carbons (Fsp3) is 0. The van der Waals surface area contributed by atoms with Crippen molar-refractivity contribution in [2.75, 3.05) is 0 Å². The highest BCUT2D eigenvalue weighted by molar-refractivity contribution is 6.32. The molecule has 0 radical (unpaired) electrons. The first kappa shape index (κ1) is 10.1. The predicted molar refractivity (Wildman–Crippen MR) is 50.9 cm³/mol. The van der Waals surface area contributed by atoms with Crippen molar-refractivity contribution in [3.05, 3.63) is 34.3 Å². The topological polar surface area (TPSA) is 61.1 Å². The van der Waals surface area contributed by atoms with Gasteiger partial charge >= 0.3 is 5.97 Å². The summed E-state index contributed by atoms with van der Waals surface area (Å²) in [5.74, 6) is 3.62. The second-order valence-corrected chi connectivity index (χ2v) is 2.77. The van der Waals surface area contributed by atoms with Crippen molar-refractivity contribution in [3.63, 3.8) is 0 Å². The normalized spacial score (nSPS) is 8.29.